The minimum absolute atomic E-state index is 0.506. The van der Waals surface area contributed by atoms with Crippen LogP contribution in [0.2, 0.25) is 0 Å². The van der Waals surface area contributed by atoms with Gasteiger partial charge in [0.25, 0.3) is 0 Å². The molecule has 0 aliphatic heterocycles. The topological polar surface area (TPSA) is 38.1 Å². The van der Waals surface area contributed by atoms with E-state index in [4.69, 9.17) is 0 Å². The molecule has 21 heavy (non-hydrogen) atoms. The van der Waals surface area contributed by atoms with E-state index in [1.165, 1.54) is 25.0 Å². The van der Waals surface area contributed by atoms with Crippen molar-refractivity contribution in [2.75, 3.05) is 7.05 Å². The van der Waals surface area contributed by atoms with Crippen LogP contribution in [0, 0.1) is 12.8 Å². The predicted octanol–water partition coefficient (Wildman–Crippen LogP) is 4.26. The number of rotatable bonds is 4. The van der Waals surface area contributed by atoms with Gasteiger partial charge in [-0.05, 0) is 51.3 Å². The van der Waals surface area contributed by atoms with Crippen LogP contribution in [0.1, 0.15) is 49.9 Å². The number of hydrogen-bond acceptors (Lipinski definition) is 3. The van der Waals surface area contributed by atoms with Gasteiger partial charge in [-0.15, -0.1) is 0 Å². The Balaban J connectivity index is 2.09. The van der Waals surface area contributed by atoms with E-state index in [-0.39, 0.29) is 0 Å². The summed E-state index contributed by atoms with van der Waals surface area (Å²) >= 11 is 0. The number of hydrogen-bond donors (Lipinski definition) is 0. The molecule has 1 heterocycles. The smallest absolute Gasteiger partial charge is 0.0662 e. The standard InChI is InChI=1S/C18H25N3/c1-13(2)8-10-17(19-4)15-6-5-7-16(12-15)18-11-9-14(3)20-21-18/h8-11,15-16H,1,5-7,12H2,2-4H3/b10-8-,19-17?/t15-,16-/m0/s1. The van der Waals surface area contributed by atoms with Crippen LogP contribution < -0.4 is 0 Å². The fraction of sp³-hybridized carbons (Fsp3) is 0.500. The first-order chi connectivity index (χ1) is 10.1. The third kappa shape index (κ3) is 4.35. The van der Waals surface area contributed by atoms with Crippen molar-refractivity contribution < 1.29 is 0 Å². The lowest BCUT2D eigenvalue weighted by atomic mass is 9.77. The van der Waals surface area contributed by atoms with Crippen molar-refractivity contribution >= 4 is 5.71 Å². The summed E-state index contributed by atoms with van der Waals surface area (Å²) in [5.41, 5.74) is 4.35. The summed E-state index contributed by atoms with van der Waals surface area (Å²) in [5.74, 6) is 1.03. The lowest BCUT2D eigenvalue weighted by Crippen LogP contribution is -2.21. The monoisotopic (exact) mass is 283 g/mol. The van der Waals surface area contributed by atoms with Crippen LogP contribution in [0.25, 0.3) is 0 Å². The quantitative estimate of drug-likeness (QED) is 0.611. The van der Waals surface area contributed by atoms with E-state index >= 15 is 0 Å². The average Bonchev–Trinajstić information content (AvgIpc) is 2.49. The van der Waals surface area contributed by atoms with E-state index in [2.05, 4.69) is 46.1 Å². The Labute approximate surface area is 127 Å². The Bertz CT molecular complexity index is 540. The van der Waals surface area contributed by atoms with Crippen LogP contribution in [0.5, 0.6) is 0 Å². The Kier molecular flexibility index (Phi) is 5.43. The molecule has 3 nitrogen and oxygen atoms in total. The number of allylic oxidation sites excluding steroid dienone is 3. The lowest BCUT2D eigenvalue weighted by molar-refractivity contribution is 0.383. The third-order valence-electron chi connectivity index (χ3n) is 4.13. The summed E-state index contributed by atoms with van der Waals surface area (Å²) < 4.78 is 0. The lowest BCUT2D eigenvalue weighted by Gasteiger charge is -2.28. The zero-order valence-electron chi connectivity index (χ0n) is 13.3. The van der Waals surface area contributed by atoms with E-state index in [0.29, 0.717) is 11.8 Å². The van der Waals surface area contributed by atoms with Gasteiger partial charge in [0.15, 0.2) is 0 Å². The molecule has 0 spiro atoms. The van der Waals surface area contributed by atoms with Gasteiger partial charge in [0.05, 0.1) is 11.4 Å². The average molecular weight is 283 g/mol. The summed E-state index contributed by atoms with van der Waals surface area (Å²) in [5, 5.41) is 8.57. The number of aliphatic imine (C=N–C) groups is 1. The Morgan fingerprint density at radius 3 is 2.71 bits per heavy atom. The second-order valence-electron chi connectivity index (χ2n) is 5.99. The highest BCUT2D eigenvalue weighted by atomic mass is 15.1. The number of aromatic nitrogens is 2. The van der Waals surface area contributed by atoms with Crippen LogP contribution in [-0.2, 0) is 0 Å². The molecule has 0 bridgehead atoms. The first-order valence-electron chi connectivity index (χ1n) is 7.70. The number of nitrogens with zero attached hydrogens (tertiary/aromatic N) is 3. The molecule has 1 aliphatic rings. The predicted molar refractivity (Wildman–Crippen MR) is 88.8 cm³/mol. The van der Waals surface area contributed by atoms with E-state index in [1.807, 2.05) is 20.9 Å². The molecule has 0 amide bonds. The van der Waals surface area contributed by atoms with Gasteiger partial charge in [-0.25, -0.2) is 0 Å². The van der Waals surface area contributed by atoms with Crippen molar-refractivity contribution in [3.63, 3.8) is 0 Å². The van der Waals surface area contributed by atoms with Crippen molar-refractivity contribution in [2.45, 2.75) is 45.4 Å². The maximum Gasteiger partial charge on any atom is 0.0662 e. The minimum atomic E-state index is 0.506. The summed E-state index contributed by atoms with van der Waals surface area (Å²) in [6.07, 6.45) is 8.93. The first-order valence-corrected chi connectivity index (χ1v) is 7.70. The van der Waals surface area contributed by atoms with Crippen LogP contribution in [0.4, 0.5) is 0 Å². The molecule has 0 aromatic carbocycles. The van der Waals surface area contributed by atoms with Gasteiger partial charge in [-0.1, -0.05) is 24.6 Å². The Morgan fingerprint density at radius 2 is 2.10 bits per heavy atom. The maximum atomic E-state index is 4.48. The van der Waals surface area contributed by atoms with Gasteiger partial charge in [0, 0.05) is 24.6 Å². The fourth-order valence-corrected chi connectivity index (χ4v) is 2.97. The third-order valence-corrected chi connectivity index (χ3v) is 4.13. The van der Waals surface area contributed by atoms with Crippen molar-refractivity contribution in [1.29, 1.82) is 0 Å². The van der Waals surface area contributed by atoms with Crippen molar-refractivity contribution in [1.82, 2.24) is 10.2 Å². The molecule has 2 atom stereocenters. The molecular weight excluding hydrogens is 258 g/mol. The van der Waals surface area contributed by atoms with Crippen molar-refractivity contribution in [3.8, 4) is 0 Å². The summed E-state index contributed by atoms with van der Waals surface area (Å²) in [7, 11) is 1.88. The second kappa shape index (κ2) is 7.30. The van der Waals surface area contributed by atoms with Gasteiger partial charge >= 0.3 is 0 Å². The highest BCUT2D eigenvalue weighted by Gasteiger charge is 2.26. The van der Waals surface area contributed by atoms with E-state index in [0.717, 1.165) is 23.4 Å². The van der Waals surface area contributed by atoms with Gasteiger partial charge in [0.1, 0.15) is 0 Å². The van der Waals surface area contributed by atoms with Gasteiger partial charge in [-0.2, -0.15) is 10.2 Å². The van der Waals surface area contributed by atoms with Gasteiger partial charge in [-0.3, -0.25) is 4.99 Å². The molecule has 3 heteroatoms. The minimum Gasteiger partial charge on any atom is -0.293 e. The summed E-state index contributed by atoms with van der Waals surface area (Å²) in [6, 6.07) is 4.18. The molecule has 1 aliphatic carbocycles. The summed E-state index contributed by atoms with van der Waals surface area (Å²) in [4.78, 5) is 4.48. The molecule has 1 aromatic rings. The molecule has 2 rings (SSSR count). The highest BCUT2D eigenvalue weighted by Crippen LogP contribution is 2.36. The highest BCUT2D eigenvalue weighted by molar-refractivity contribution is 5.97. The Hall–Kier alpha value is -1.77. The fourth-order valence-electron chi connectivity index (χ4n) is 2.97. The SMILES string of the molecule is C=C(C)/C=C\C(=NC)[C@H]1CCC[C@H](c2ccc(C)nn2)C1. The zero-order chi connectivity index (χ0) is 15.2. The second-order valence-corrected chi connectivity index (χ2v) is 5.99. The normalized spacial score (nSPS) is 23.5. The largest absolute Gasteiger partial charge is 0.293 e. The molecule has 0 saturated heterocycles. The first kappa shape index (κ1) is 15.6. The van der Waals surface area contributed by atoms with Crippen LogP contribution in [0.3, 0.4) is 0 Å². The molecular formula is C18H25N3. The van der Waals surface area contributed by atoms with Crippen LogP contribution >= 0.6 is 0 Å². The van der Waals surface area contributed by atoms with Crippen LogP contribution in [-0.4, -0.2) is 23.0 Å². The van der Waals surface area contributed by atoms with Gasteiger partial charge < -0.3 is 0 Å². The maximum absolute atomic E-state index is 4.48. The van der Waals surface area contributed by atoms with E-state index in [1.54, 1.807) is 0 Å². The molecule has 112 valence electrons. The molecule has 0 unspecified atom stereocenters. The van der Waals surface area contributed by atoms with Crippen molar-refractivity contribution in [2.24, 2.45) is 10.9 Å². The number of aryl methyl sites for hydroxylation is 1. The molecule has 0 N–H and O–H groups in total. The molecule has 1 fully saturated rings. The van der Waals surface area contributed by atoms with Crippen LogP contribution in [0.15, 0.2) is 41.4 Å². The van der Waals surface area contributed by atoms with E-state index in [9.17, 15) is 0 Å². The van der Waals surface area contributed by atoms with E-state index < -0.39 is 0 Å². The summed E-state index contributed by atoms with van der Waals surface area (Å²) in [6.45, 7) is 7.90. The van der Waals surface area contributed by atoms with Crippen molar-refractivity contribution in [3.05, 3.63) is 47.8 Å². The Morgan fingerprint density at radius 1 is 1.29 bits per heavy atom. The zero-order valence-corrected chi connectivity index (χ0v) is 13.3. The molecule has 1 saturated carbocycles. The van der Waals surface area contributed by atoms with Gasteiger partial charge in [0.2, 0.25) is 0 Å². The molecule has 1 aromatic heterocycles. The molecule has 0 radical (unpaired) electrons.